The molecule has 1 saturated heterocycles. The lowest BCUT2D eigenvalue weighted by molar-refractivity contribution is 0.201. The second kappa shape index (κ2) is 5.68. The van der Waals surface area contributed by atoms with Gasteiger partial charge in [0.1, 0.15) is 6.17 Å². The Morgan fingerprint density at radius 3 is 2.30 bits per heavy atom. The monoisotopic (exact) mass is 266 g/mol. The van der Waals surface area contributed by atoms with Crippen molar-refractivity contribution in [3.63, 3.8) is 0 Å². The van der Waals surface area contributed by atoms with Gasteiger partial charge in [0.2, 0.25) is 0 Å². The van der Waals surface area contributed by atoms with Crippen LogP contribution in [0.2, 0.25) is 0 Å². The van der Waals surface area contributed by atoms with E-state index >= 15 is 0 Å². The first-order valence-electron chi connectivity index (χ1n) is 7.34. The van der Waals surface area contributed by atoms with E-state index in [1.54, 1.807) is 0 Å². The highest BCUT2D eigenvalue weighted by Crippen LogP contribution is 2.32. The molecule has 1 heterocycles. The summed E-state index contributed by atoms with van der Waals surface area (Å²) in [5.41, 5.74) is 4.00. The van der Waals surface area contributed by atoms with Gasteiger partial charge in [-0.05, 0) is 38.1 Å². The third-order valence-corrected chi connectivity index (χ3v) is 4.09. The van der Waals surface area contributed by atoms with Crippen LogP contribution in [0.3, 0.4) is 0 Å². The van der Waals surface area contributed by atoms with Gasteiger partial charge in [0, 0.05) is 18.8 Å². The van der Waals surface area contributed by atoms with Crippen molar-refractivity contribution in [1.29, 1.82) is 0 Å². The van der Waals surface area contributed by atoms with Gasteiger partial charge in [-0.2, -0.15) is 0 Å². The number of nitrogens with zero attached hydrogens (tertiary/aromatic N) is 2. The molecule has 0 bridgehead atoms. The molecule has 0 N–H and O–H groups in total. The molecule has 1 atom stereocenters. The minimum Gasteiger partial charge on any atom is -0.352 e. The van der Waals surface area contributed by atoms with E-state index in [9.17, 15) is 0 Å². The Morgan fingerprint density at radius 1 is 0.900 bits per heavy atom. The van der Waals surface area contributed by atoms with Gasteiger partial charge >= 0.3 is 0 Å². The fourth-order valence-corrected chi connectivity index (χ4v) is 3.04. The number of hydrogen-bond donors (Lipinski definition) is 0. The Hall–Kier alpha value is -1.80. The van der Waals surface area contributed by atoms with E-state index in [4.69, 9.17) is 0 Å². The van der Waals surface area contributed by atoms with Crippen molar-refractivity contribution in [2.45, 2.75) is 19.5 Å². The van der Waals surface area contributed by atoms with Crippen LogP contribution in [0.1, 0.15) is 23.7 Å². The van der Waals surface area contributed by atoms with Crippen LogP contribution in [-0.4, -0.2) is 25.0 Å². The molecule has 1 fully saturated rings. The van der Waals surface area contributed by atoms with E-state index in [2.05, 4.69) is 78.4 Å². The average Bonchev–Trinajstić information content (AvgIpc) is 2.49. The lowest BCUT2D eigenvalue weighted by Gasteiger charge is -2.44. The number of rotatable bonds is 2. The molecule has 1 aliphatic heterocycles. The Kier molecular flexibility index (Phi) is 3.75. The van der Waals surface area contributed by atoms with Gasteiger partial charge in [0.15, 0.2) is 0 Å². The quantitative estimate of drug-likeness (QED) is 0.815. The summed E-state index contributed by atoms with van der Waals surface area (Å²) < 4.78 is 0. The standard InChI is InChI=1S/C18H22N2/c1-15-9-11-17(12-10-15)20-14-6-13-19(2)18(20)16-7-4-3-5-8-16/h3-5,7-12,18H,6,13-14H2,1-2H3. The molecule has 0 aliphatic carbocycles. The number of hydrogen-bond acceptors (Lipinski definition) is 2. The topological polar surface area (TPSA) is 6.48 Å². The third-order valence-electron chi connectivity index (χ3n) is 4.09. The summed E-state index contributed by atoms with van der Waals surface area (Å²) >= 11 is 0. The van der Waals surface area contributed by atoms with Crippen LogP contribution >= 0.6 is 0 Å². The second-order valence-electron chi connectivity index (χ2n) is 5.65. The van der Waals surface area contributed by atoms with Gasteiger partial charge in [0.25, 0.3) is 0 Å². The molecule has 3 rings (SSSR count). The maximum absolute atomic E-state index is 2.51. The molecule has 2 nitrogen and oxygen atoms in total. The summed E-state index contributed by atoms with van der Waals surface area (Å²) in [6.07, 6.45) is 1.56. The van der Waals surface area contributed by atoms with Crippen molar-refractivity contribution in [2.24, 2.45) is 0 Å². The second-order valence-corrected chi connectivity index (χ2v) is 5.65. The fourth-order valence-electron chi connectivity index (χ4n) is 3.04. The minimum atomic E-state index is 0.340. The molecule has 2 heteroatoms. The lowest BCUT2D eigenvalue weighted by Crippen LogP contribution is -2.46. The number of benzene rings is 2. The van der Waals surface area contributed by atoms with Gasteiger partial charge in [-0.15, -0.1) is 0 Å². The zero-order valence-corrected chi connectivity index (χ0v) is 12.3. The van der Waals surface area contributed by atoms with E-state index in [1.165, 1.54) is 23.2 Å². The van der Waals surface area contributed by atoms with Crippen molar-refractivity contribution in [2.75, 3.05) is 25.0 Å². The van der Waals surface area contributed by atoms with E-state index in [0.717, 1.165) is 13.1 Å². The number of anilines is 1. The van der Waals surface area contributed by atoms with Crippen LogP contribution < -0.4 is 4.90 Å². The van der Waals surface area contributed by atoms with Crippen molar-refractivity contribution in [3.05, 3.63) is 65.7 Å². The summed E-state index contributed by atoms with van der Waals surface area (Å²) in [6.45, 7) is 4.41. The summed E-state index contributed by atoms with van der Waals surface area (Å²) in [4.78, 5) is 4.96. The van der Waals surface area contributed by atoms with Gasteiger partial charge in [-0.3, -0.25) is 4.90 Å². The van der Waals surface area contributed by atoms with Gasteiger partial charge < -0.3 is 4.90 Å². The summed E-state index contributed by atoms with van der Waals surface area (Å²) in [7, 11) is 2.22. The van der Waals surface area contributed by atoms with Crippen molar-refractivity contribution in [3.8, 4) is 0 Å². The Balaban J connectivity index is 1.96. The SMILES string of the molecule is Cc1ccc(N2CCCN(C)C2c2ccccc2)cc1. The highest BCUT2D eigenvalue weighted by molar-refractivity contribution is 5.50. The van der Waals surface area contributed by atoms with Crippen molar-refractivity contribution >= 4 is 5.69 Å². The first-order valence-corrected chi connectivity index (χ1v) is 7.34. The smallest absolute Gasteiger partial charge is 0.108 e. The van der Waals surface area contributed by atoms with Crippen LogP contribution in [0.25, 0.3) is 0 Å². The van der Waals surface area contributed by atoms with E-state index in [0.29, 0.717) is 6.17 Å². The lowest BCUT2D eigenvalue weighted by atomic mass is 10.1. The summed E-state index contributed by atoms with van der Waals surface area (Å²) in [6, 6.07) is 19.7. The molecular formula is C18H22N2. The van der Waals surface area contributed by atoms with Crippen LogP contribution in [0.15, 0.2) is 54.6 Å². The van der Waals surface area contributed by atoms with Crippen LogP contribution in [-0.2, 0) is 0 Å². The molecule has 0 aromatic heterocycles. The minimum absolute atomic E-state index is 0.340. The molecule has 1 unspecified atom stereocenters. The Bertz CT molecular complexity index is 547. The zero-order valence-electron chi connectivity index (χ0n) is 12.3. The molecule has 104 valence electrons. The van der Waals surface area contributed by atoms with E-state index in [1.807, 2.05) is 0 Å². The number of aryl methyl sites for hydroxylation is 1. The van der Waals surface area contributed by atoms with E-state index in [-0.39, 0.29) is 0 Å². The Labute approximate surface area is 121 Å². The van der Waals surface area contributed by atoms with Crippen LogP contribution in [0.5, 0.6) is 0 Å². The molecule has 0 spiro atoms. The molecule has 0 radical (unpaired) electrons. The maximum atomic E-state index is 2.51. The molecule has 2 aromatic carbocycles. The van der Waals surface area contributed by atoms with Crippen LogP contribution in [0, 0.1) is 6.92 Å². The normalized spacial score (nSPS) is 20.1. The third kappa shape index (κ3) is 2.56. The van der Waals surface area contributed by atoms with Crippen molar-refractivity contribution < 1.29 is 0 Å². The Morgan fingerprint density at radius 2 is 1.60 bits per heavy atom. The zero-order chi connectivity index (χ0) is 13.9. The highest BCUT2D eigenvalue weighted by atomic mass is 15.4. The molecule has 0 saturated carbocycles. The first kappa shape index (κ1) is 13.2. The summed E-state index contributed by atoms with van der Waals surface area (Å²) in [5, 5.41) is 0. The van der Waals surface area contributed by atoms with Gasteiger partial charge in [-0.1, -0.05) is 48.0 Å². The first-order chi connectivity index (χ1) is 9.75. The predicted molar refractivity (Wildman–Crippen MR) is 85.0 cm³/mol. The maximum Gasteiger partial charge on any atom is 0.108 e. The molecule has 20 heavy (non-hydrogen) atoms. The van der Waals surface area contributed by atoms with Crippen molar-refractivity contribution in [1.82, 2.24) is 4.90 Å². The van der Waals surface area contributed by atoms with Gasteiger partial charge in [0.05, 0.1) is 0 Å². The van der Waals surface area contributed by atoms with Gasteiger partial charge in [-0.25, -0.2) is 0 Å². The fraction of sp³-hybridized carbons (Fsp3) is 0.333. The molecule has 1 aliphatic rings. The highest BCUT2D eigenvalue weighted by Gasteiger charge is 2.28. The molecular weight excluding hydrogens is 244 g/mol. The summed E-state index contributed by atoms with van der Waals surface area (Å²) in [5.74, 6) is 0. The van der Waals surface area contributed by atoms with Crippen LogP contribution in [0.4, 0.5) is 5.69 Å². The van der Waals surface area contributed by atoms with E-state index < -0.39 is 0 Å². The average molecular weight is 266 g/mol. The predicted octanol–water partition coefficient (Wildman–Crippen LogP) is 3.84. The largest absolute Gasteiger partial charge is 0.352 e. The molecule has 0 amide bonds. The molecule has 2 aromatic rings.